The van der Waals surface area contributed by atoms with Gasteiger partial charge in [0.05, 0.1) is 11.4 Å². The lowest BCUT2D eigenvalue weighted by Gasteiger charge is -2.26. The van der Waals surface area contributed by atoms with E-state index in [1.165, 1.54) is 21.3 Å². The number of hydrogen-bond donors (Lipinski definition) is 1. The summed E-state index contributed by atoms with van der Waals surface area (Å²) in [7, 11) is -3.68. The molecule has 0 unspecified atom stereocenters. The monoisotopic (exact) mass is 584 g/mol. The van der Waals surface area contributed by atoms with Crippen LogP contribution in [0.4, 0.5) is 0 Å². The summed E-state index contributed by atoms with van der Waals surface area (Å²) in [5.41, 5.74) is 2.67. The summed E-state index contributed by atoms with van der Waals surface area (Å²) in [5, 5.41) is 12.9. The van der Waals surface area contributed by atoms with E-state index >= 15 is 0 Å². The van der Waals surface area contributed by atoms with Gasteiger partial charge in [0.2, 0.25) is 10.0 Å². The molecule has 1 aliphatic rings. The van der Waals surface area contributed by atoms with Gasteiger partial charge in [0.1, 0.15) is 29.6 Å². The van der Waals surface area contributed by atoms with Crippen molar-refractivity contribution < 1.29 is 27.5 Å². The molecule has 1 atom stereocenters. The van der Waals surface area contributed by atoms with E-state index in [2.05, 4.69) is 0 Å². The van der Waals surface area contributed by atoms with Crippen LogP contribution in [0.5, 0.6) is 5.75 Å². The molecular weight excluding hydrogens is 552 g/mol. The highest BCUT2D eigenvalue weighted by atomic mass is 32.2. The van der Waals surface area contributed by atoms with E-state index in [0.717, 1.165) is 40.3 Å². The zero-order valence-corrected chi connectivity index (χ0v) is 23.9. The number of para-hydroxylation sites is 1. The Morgan fingerprint density at radius 1 is 0.881 bits per heavy atom. The maximum absolute atomic E-state index is 13.8. The maximum atomic E-state index is 13.8. The van der Waals surface area contributed by atoms with Crippen LogP contribution in [0.2, 0.25) is 0 Å². The van der Waals surface area contributed by atoms with E-state index in [1.54, 1.807) is 18.2 Å². The van der Waals surface area contributed by atoms with Crippen molar-refractivity contribution in [3.63, 3.8) is 0 Å². The first-order valence-electron chi connectivity index (χ1n) is 14.0. The highest BCUT2D eigenvalue weighted by Crippen LogP contribution is 2.31. The molecule has 1 saturated heterocycles. The number of fused-ring (bicyclic) bond motifs is 3. The Morgan fingerprint density at radius 2 is 1.62 bits per heavy atom. The van der Waals surface area contributed by atoms with Crippen LogP contribution < -0.4 is 4.74 Å². The summed E-state index contributed by atoms with van der Waals surface area (Å²) in [6.45, 7) is 1.16. The van der Waals surface area contributed by atoms with Gasteiger partial charge in [-0.1, -0.05) is 54.6 Å². The second-order valence-electron chi connectivity index (χ2n) is 10.5. The number of carbonyl (C=O) groups excluding carboxylic acids is 1. The Labute approximate surface area is 244 Å². The molecule has 2 heterocycles. The molecule has 1 aliphatic heterocycles. The minimum atomic E-state index is -3.68. The summed E-state index contributed by atoms with van der Waals surface area (Å²) >= 11 is 0. The fourth-order valence-corrected chi connectivity index (χ4v) is 6.93. The van der Waals surface area contributed by atoms with Gasteiger partial charge in [0, 0.05) is 36.0 Å². The van der Waals surface area contributed by atoms with Crippen molar-refractivity contribution >= 4 is 37.9 Å². The predicted molar refractivity (Wildman–Crippen MR) is 161 cm³/mol. The molecule has 8 nitrogen and oxygen atoms in total. The third kappa shape index (κ3) is 5.90. The van der Waals surface area contributed by atoms with Crippen LogP contribution in [0.3, 0.4) is 0 Å². The number of sulfonamides is 1. The number of furan rings is 1. The van der Waals surface area contributed by atoms with E-state index in [4.69, 9.17) is 9.15 Å². The fraction of sp³-hybridized carbons (Fsp3) is 0.242. The number of amides is 1. The zero-order chi connectivity index (χ0) is 29.1. The lowest BCUT2D eigenvalue weighted by Crippen LogP contribution is -2.39. The largest absolute Gasteiger partial charge is 0.491 e. The van der Waals surface area contributed by atoms with Gasteiger partial charge in [0.15, 0.2) is 0 Å². The minimum absolute atomic E-state index is 0.00623. The van der Waals surface area contributed by atoms with Crippen LogP contribution in [0, 0.1) is 0 Å². The molecule has 0 spiro atoms. The lowest BCUT2D eigenvalue weighted by atomic mass is 10.1. The van der Waals surface area contributed by atoms with E-state index < -0.39 is 16.1 Å². The second kappa shape index (κ2) is 12.0. The molecule has 0 radical (unpaired) electrons. The molecule has 9 heteroatoms. The molecule has 0 saturated carbocycles. The molecule has 1 aromatic heterocycles. The molecule has 0 aliphatic carbocycles. The summed E-state index contributed by atoms with van der Waals surface area (Å²) < 4.78 is 39.6. The van der Waals surface area contributed by atoms with E-state index in [0.29, 0.717) is 18.8 Å². The first-order valence-corrected chi connectivity index (χ1v) is 15.5. The first kappa shape index (κ1) is 28.0. The van der Waals surface area contributed by atoms with Crippen LogP contribution in [0.15, 0.2) is 106 Å². The molecule has 6 rings (SSSR count). The number of ether oxygens (including phenoxy) is 1. The zero-order valence-electron chi connectivity index (χ0n) is 23.1. The van der Waals surface area contributed by atoms with Gasteiger partial charge in [-0.05, 0) is 60.9 Å². The SMILES string of the molecule is O=C(c1cccc(S(=O)(=O)N2CCCC2)c1)N(Cc1ccccc1)C[C@H](O)COc1ccc2oc3ccccc3c2c1. The van der Waals surface area contributed by atoms with Crippen molar-refractivity contribution in [2.75, 3.05) is 26.2 Å². The second-order valence-corrected chi connectivity index (χ2v) is 12.5. The third-order valence-electron chi connectivity index (χ3n) is 7.51. The molecule has 42 heavy (non-hydrogen) atoms. The highest BCUT2D eigenvalue weighted by Gasteiger charge is 2.28. The fourth-order valence-electron chi connectivity index (χ4n) is 5.37. The lowest BCUT2D eigenvalue weighted by molar-refractivity contribution is 0.0482. The molecule has 5 aromatic rings. The van der Waals surface area contributed by atoms with Crippen LogP contribution in [0.1, 0.15) is 28.8 Å². The van der Waals surface area contributed by atoms with Gasteiger partial charge in [-0.3, -0.25) is 4.79 Å². The molecule has 1 amide bonds. The average molecular weight is 585 g/mol. The Morgan fingerprint density at radius 3 is 2.43 bits per heavy atom. The van der Waals surface area contributed by atoms with Crippen molar-refractivity contribution in [1.82, 2.24) is 9.21 Å². The van der Waals surface area contributed by atoms with Crippen LogP contribution in [-0.4, -0.2) is 61.0 Å². The third-order valence-corrected chi connectivity index (χ3v) is 9.40. The van der Waals surface area contributed by atoms with Crippen molar-refractivity contribution in [2.45, 2.75) is 30.4 Å². The van der Waals surface area contributed by atoms with Crippen molar-refractivity contribution in [1.29, 1.82) is 0 Å². The minimum Gasteiger partial charge on any atom is -0.491 e. The van der Waals surface area contributed by atoms with Crippen LogP contribution in [0.25, 0.3) is 21.9 Å². The summed E-state index contributed by atoms with van der Waals surface area (Å²) in [5.74, 6) is 0.205. The first-order chi connectivity index (χ1) is 20.4. The van der Waals surface area contributed by atoms with Crippen LogP contribution in [-0.2, 0) is 16.6 Å². The van der Waals surface area contributed by atoms with Gasteiger partial charge in [-0.25, -0.2) is 8.42 Å². The number of rotatable bonds is 10. The summed E-state index contributed by atoms with van der Waals surface area (Å²) in [4.78, 5) is 15.4. The van der Waals surface area contributed by atoms with Gasteiger partial charge in [-0.2, -0.15) is 4.31 Å². The Bertz CT molecular complexity index is 1810. The maximum Gasteiger partial charge on any atom is 0.254 e. The van der Waals surface area contributed by atoms with Gasteiger partial charge < -0.3 is 19.2 Å². The molecule has 0 bridgehead atoms. The van der Waals surface area contributed by atoms with Gasteiger partial charge in [-0.15, -0.1) is 0 Å². The molecular formula is C33H32N2O6S. The van der Waals surface area contributed by atoms with Gasteiger partial charge in [0.25, 0.3) is 5.91 Å². The number of benzene rings is 4. The predicted octanol–water partition coefficient (Wildman–Crippen LogP) is 5.45. The summed E-state index contributed by atoms with van der Waals surface area (Å²) in [6, 6.07) is 28.9. The number of nitrogens with zero attached hydrogens (tertiary/aromatic N) is 2. The number of aliphatic hydroxyl groups is 1. The van der Waals surface area contributed by atoms with E-state index in [-0.39, 0.29) is 36.1 Å². The molecule has 4 aromatic carbocycles. The Balaban J connectivity index is 1.19. The Kier molecular flexibility index (Phi) is 7.97. The highest BCUT2D eigenvalue weighted by molar-refractivity contribution is 7.89. The Hall–Kier alpha value is -4.18. The normalized spacial score (nSPS) is 14.8. The van der Waals surface area contributed by atoms with Crippen LogP contribution >= 0.6 is 0 Å². The summed E-state index contributed by atoms with van der Waals surface area (Å²) in [6.07, 6.45) is 0.663. The number of hydrogen-bond acceptors (Lipinski definition) is 6. The van der Waals surface area contributed by atoms with Crippen molar-refractivity contribution in [2.24, 2.45) is 0 Å². The molecule has 216 valence electrons. The molecule has 1 fully saturated rings. The van der Waals surface area contributed by atoms with E-state index in [1.807, 2.05) is 66.7 Å². The van der Waals surface area contributed by atoms with E-state index in [9.17, 15) is 18.3 Å². The van der Waals surface area contributed by atoms with Gasteiger partial charge >= 0.3 is 0 Å². The topological polar surface area (TPSA) is 100 Å². The quantitative estimate of drug-likeness (QED) is 0.234. The average Bonchev–Trinajstić information content (AvgIpc) is 3.69. The standard InChI is InChI=1S/C33H32N2O6S/c36-26(23-40-27-15-16-32-30(20-27)29-13-4-5-14-31(29)41-32)22-34(21-24-9-2-1-3-10-24)33(37)25-11-8-12-28(19-25)42(38,39)35-17-6-7-18-35/h1-5,8-16,19-20,26,36H,6-7,17-18,21-23H2/t26-/m0/s1. The smallest absolute Gasteiger partial charge is 0.254 e. The number of aliphatic hydroxyl groups excluding tert-OH is 1. The van der Waals surface area contributed by atoms with Crippen molar-refractivity contribution in [3.05, 3.63) is 108 Å². The van der Waals surface area contributed by atoms with Crippen molar-refractivity contribution in [3.8, 4) is 5.75 Å². The molecule has 1 N–H and O–H groups in total. The number of carbonyl (C=O) groups is 1.